The Balaban J connectivity index is 1.88. The Bertz CT molecular complexity index is 327. The molecule has 0 aliphatic carbocycles. The third-order valence-corrected chi connectivity index (χ3v) is 2.99. The van der Waals surface area contributed by atoms with E-state index in [4.69, 9.17) is 21.1 Å². The zero-order valence-electron chi connectivity index (χ0n) is 9.19. The molecule has 1 aliphatic heterocycles. The molecule has 1 atom stereocenters. The van der Waals surface area contributed by atoms with Gasteiger partial charge in [-0.05, 0) is 25.3 Å². The molecule has 2 rings (SSSR count). The molecule has 16 heavy (non-hydrogen) atoms. The Labute approximate surface area is 101 Å². The van der Waals surface area contributed by atoms with Crippen molar-refractivity contribution in [3.63, 3.8) is 0 Å². The molecule has 3 nitrogen and oxygen atoms in total. The maximum atomic E-state index is 5.80. The zero-order chi connectivity index (χ0) is 11.2. The van der Waals surface area contributed by atoms with Crippen molar-refractivity contribution in [3.8, 4) is 5.75 Å². The number of halogens is 1. The molecule has 0 amide bonds. The summed E-state index contributed by atoms with van der Waals surface area (Å²) < 4.78 is 11.3. The van der Waals surface area contributed by atoms with Gasteiger partial charge < -0.3 is 9.47 Å². The molecule has 2 heterocycles. The molecule has 1 fully saturated rings. The standard InChI is InChI=1S/C12H16ClNO2/c13-7-10-8-14-5-4-12(10)16-9-11-3-1-2-6-15-11/h4-5,8,11H,1-3,6-7,9H2. The van der Waals surface area contributed by atoms with Crippen LogP contribution >= 0.6 is 11.6 Å². The second-order valence-electron chi connectivity index (χ2n) is 3.92. The van der Waals surface area contributed by atoms with Gasteiger partial charge in [0, 0.05) is 24.6 Å². The number of aromatic nitrogens is 1. The molecule has 1 aliphatic rings. The van der Waals surface area contributed by atoms with Crippen molar-refractivity contribution in [2.75, 3.05) is 13.2 Å². The summed E-state index contributed by atoms with van der Waals surface area (Å²) in [4.78, 5) is 4.02. The van der Waals surface area contributed by atoms with Crippen molar-refractivity contribution in [3.05, 3.63) is 24.0 Å². The number of nitrogens with zero attached hydrogens (tertiary/aromatic N) is 1. The molecule has 1 unspecified atom stereocenters. The van der Waals surface area contributed by atoms with E-state index in [1.54, 1.807) is 12.4 Å². The van der Waals surface area contributed by atoms with Gasteiger partial charge in [0.1, 0.15) is 12.4 Å². The molecule has 88 valence electrons. The quantitative estimate of drug-likeness (QED) is 0.760. The van der Waals surface area contributed by atoms with Crippen LogP contribution in [0.15, 0.2) is 18.5 Å². The second kappa shape index (κ2) is 6.06. The highest BCUT2D eigenvalue weighted by Crippen LogP contribution is 2.20. The SMILES string of the molecule is ClCc1cnccc1OCC1CCCCO1. The summed E-state index contributed by atoms with van der Waals surface area (Å²) in [5.41, 5.74) is 0.931. The Morgan fingerprint density at radius 2 is 2.44 bits per heavy atom. The van der Waals surface area contributed by atoms with Crippen LogP contribution in [0, 0.1) is 0 Å². The first-order chi connectivity index (χ1) is 7.90. The average Bonchev–Trinajstić information content (AvgIpc) is 2.38. The lowest BCUT2D eigenvalue weighted by atomic mass is 10.1. The Morgan fingerprint density at radius 3 is 3.19 bits per heavy atom. The lowest BCUT2D eigenvalue weighted by molar-refractivity contribution is -0.0112. The highest BCUT2D eigenvalue weighted by Gasteiger charge is 2.15. The molecule has 0 aromatic carbocycles. The van der Waals surface area contributed by atoms with Gasteiger partial charge in [-0.3, -0.25) is 4.98 Å². The Hall–Kier alpha value is -0.800. The summed E-state index contributed by atoms with van der Waals surface area (Å²) in [6.45, 7) is 1.46. The van der Waals surface area contributed by atoms with Gasteiger partial charge in [0.25, 0.3) is 0 Å². The number of hydrogen-bond acceptors (Lipinski definition) is 3. The maximum absolute atomic E-state index is 5.80. The van der Waals surface area contributed by atoms with Gasteiger partial charge in [-0.25, -0.2) is 0 Å². The fraction of sp³-hybridized carbons (Fsp3) is 0.583. The predicted octanol–water partition coefficient (Wildman–Crippen LogP) is 2.77. The van der Waals surface area contributed by atoms with E-state index >= 15 is 0 Å². The minimum absolute atomic E-state index is 0.227. The van der Waals surface area contributed by atoms with Gasteiger partial charge in [-0.15, -0.1) is 11.6 Å². The van der Waals surface area contributed by atoms with Crippen LogP contribution in [-0.2, 0) is 10.6 Å². The van der Waals surface area contributed by atoms with Crippen LogP contribution in [0.4, 0.5) is 0 Å². The maximum Gasteiger partial charge on any atom is 0.126 e. The van der Waals surface area contributed by atoms with Crippen LogP contribution in [0.2, 0.25) is 0 Å². The molecule has 1 saturated heterocycles. The summed E-state index contributed by atoms with van der Waals surface area (Å²) in [5.74, 6) is 1.24. The average molecular weight is 242 g/mol. The largest absolute Gasteiger partial charge is 0.490 e. The topological polar surface area (TPSA) is 31.4 Å². The van der Waals surface area contributed by atoms with E-state index in [9.17, 15) is 0 Å². The minimum Gasteiger partial charge on any atom is -0.490 e. The molecule has 1 aromatic rings. The summed E-state index contributed by atoms with van der Waals surface area (Å²) >= 11 is 5.80. The van der Waals surface area contributed by atoms with Crippen LogP contribution < -0.4 is 4.74 Å². The van der Waals surface area contributed by atoms with Crippen LogP contribution in [-0.4, -0.2) is 24.3 Å². The summed E-state index contributed by atoms with van der Waals surface area (Å²) in [6, 6.07) is 1.85. The van der Waals surface area contributed by atoms with E-state index in [1.165, 1.54) is 12.8 Å². The number of hydrogen-bond donors (Lipinski definition) is 0. The molecule has 0 spiro atoms. The number of ether oxygens (including phenoxy) is 2. The van der Waals surface area contributed by atoms with E-state index in [2.05, 4.69) is 4.98 Å². The first-order valence-electron chi connectivity index (χ1n) is 5.63. The zero-order valence-corrected chi connectivity index (χ0v) is 9.95. The van der Waals surface area contributed by atoms with Crippen molar-refractivity contribution in [1.29, 1.82) is 0 Å². The lowest BCUT2D eigenvalue weighted by Crippen LogP contribution is -2.26. The summed E-state index contributed by atoms with van der Waals surface area (Å²) in [7, 11) is 0. The third-order valence-electron chi connectivity index (χ3n) is 2.70. The van der Waals surface area contributed by atoms with Crippen molar-refractivity contribution in [1.82, 2.24) is 4.98 Å². The second-order valence-corrected chi connectivity index (χ2v) is 4.18. The van der Waals surface area contributed by atoms with E-state index in [1.807, 2.05) is 6.07 Å². The first-order valence-corrected chi connectivity index (χ1v) is 6.17. The monoisotopic (exact) mass is 241 g/mol. The summed E-state index contributed by atoms with van der Waals surface area (Å²) in [6.07, 6.45) is 7.16. The smallest absolute Gasteiger partial charge is 0.126 e. The molecule has 0 bridgehead atoms. The summed E-state index contributed by atoms with van der Waals surface area (Å²) in [5, 5.41) is 0. The minimum atomic E-state index is 0.227. The fourth-order valence-electron chi connectivity index (χ4n) is 1.78. The van der Waals surface area contributed by atoms with Crippen molar-refractivity contribution in [2.24, 2.45) is 0 Å². The van der Waals surface area contributed by atoms with Gasteiger partial charge in [0.15, 0.2) is 0 Å². The van der Waals surface area contributed by atoms with Crippen LogP contribution in [0.3, 0.4) is 0 Å². The van der Waals surface area contributed by atoms with E-state index in [0.717, 1.165) is 24.3 Å². The highest BCUT2D eigenvalue weighted by atomic mass is 35.5. The number of pyridine rings is 1. The molecule has 0 radical (unpaired) electrons. The van der Waals surface area contributed by atoms with Crippen molar-refractivity contribution in [2.45, 2.75) is 31.2 Å². The van der Waals surface area contributed by atoms with Crippen LogP contribution in [0.1, 0.15) is 24.8 Å². The molecular formula is C12H16ClNO2. The van der Waals surface area contributed by atoms with Gasteiger partial charge in [0.2, 0.25) is 0 Å². The fourth-order valence-corrected chi connectivity index (χ4v) is 1.98. The molecule has 0 saturated carbocycles. The third kappa shape index (κ3) is 3.09. The predicted molar refractivity (Wildman–Crippen MR) is 62.9 cm³/mol. The highest BCUT2D eigenvalue weighted by molar-refractivity contribution is 6.17. The Kier molecular flexibility index (Phi) is 4.43. The van der Waals surface area contributed by atoms with Crippen LogP contribution in [0.25, 0.3) is 0 Å². The molecule has 1 aromatic heterocycles. The van der Waals surface area contributed by atoms with Gasteiger partial charge in [-0.1, -0.05) is 0 Å². The van der Waals surface area contributed by atoms with Gasteiger partial charge in [-0.2, -0.15) is 0 Å². The molecule has 4 heteroatoms. The first kappa shape index (κ1) is 11.7. The van der Waals surface area contributed by atoms with E-state index < -0.39 is 0 Å². The van der Waals surface area contributed by atoms with Crippen molar-refractivity contribution < 1.29 is 9.47 Å². The van der Waals surface area contributed by atoms with Gasteiger partial charge >= 0.3 is 0 Å². The normalized spacial score (nSPS) is 20.7. The molecule has 0 N–H and O–H groups in total. The van der Waals surface area contributed by atoms with E-state index in [0.29, 0.717) is 12.5 Å². The molecular weight excluding hydrogens is 226 g/mol. The van der Waals surface area contributed by atoms with Crippen LogP contribution in [0.5, 0.6) is 5.75 Å². The number of rotatable bonds is 4. The van der Waals surface area contributed by atoms with E-state index in [-0.39, 0.29) is 6.10 Å². The number of alkyl halides is 1. The van der Waals surface area contributed by atoms with Crippen molar-refractivity contribution >= 4 is 11.6 Å². The Morgan fingerprint density at radius 1 is 1.50 bits per heavy atom. The van der Waals surface area contributed by atoms with Gasteiger partial charge in [0.05, 0.1) is 12.0 Å². The lowest BCUT2D eigenvalue weighted by Gasteiger charge is -2.23.